The molecule has 0 aliphatic carbocycles. The van der Waals surface area contributed by atoms with Crippen molar-refractivity contribution in [1.82, 2.24) is 4.98 Å². The second-order valence-corrected chi connectivity index (χ2v) is 4.00. The molecule has 1 heterocycles. The van der Waals surface area contributed by atoms with Crippen LogP contribution in [0.4, 0.5) is 4.39 Å². The van der Waals surface area contributed by atoms with Crippen molar-refractivity contribution in [3.63, 3.8) is 0 Å². The molecule has 0 aliphatic rings. The Morgan fingerprint density at radius 3 is 2.65 bits per heavy atom. The lowest BCUT2D eigenvalue weighted by Crippen LogP contribution is -2.11. The van der Waals surface area contributed by atoms with Crippen LogP contribution in [0.5, 0.6) is 5.75 Å². The van der Waals surface area contributed by atoms with Crippen LogP contribution in [-0.4, -0.2) is 33.7 Å². The highest BCUT2D eigenvalue weighted by molar-refractivity contribution is 5.86. The van der Waals surface area contributed by atoms with E-state index in [-0.39, 0.29) is 17.0 Å². The van der Waals surface area contributed by atoms with Gasteiger partial charge in [-0.15, -0.1) is 0 Å². The summed E-state index contributed by atoms with van der Waals surface area (Å²) >= 11 is 0. The van der Waals surface area contributed by atoms with Gasteiger partial charge in [0.05, 0.1) is 12.1 Å². The van der Waals surface area contributed by atoms with E-state index in [9.17, 15) is 14.0 Å². The molecule has 0 atom stereocenters. The summed E-state index contributed by atoms with van der Waals surface area (Å²) in [5.74, 6) is -2.86. The Morgan fingerprint density at radius 2 is 2.00 bits per heavy atom. The molecule has 7 heteroatoms. The van der Waals surface area contributed by atoms with Gasteiger partial charge in [-0.3, -0.25) is 4.79 Å². The molecular weight excluding hydrogens is 269 g/mol. The summed E-state index contributed by atoms with van der Waals surface area (Å²) in [6.45, 7) is -0.609. The summed E-state index contributed by atoms with van der Waals surface area (Å²) < 4.78 is 18.8. The van der Waals surface area contributed by atoms with Crippen molar-refractivity contribution in [3.8, 4) is 5.75 Å². The van der Waals surface area contributed by atoms with Crippen LogP contribution >= 0.6 is 0 Å². The van der Waals surface area contributed by atoms with Crippen molar-refractivity contribution in [2.45, 2.75) is 6.42 Å². The SMILES string of the molecule is O=C(O)COc1cc(CC(=O)O)nc2c(F)cccc12. The number of pyridine rings is 1. The van der Waals surface area contributed by atoms with Crippen molar-refractivity contribution in [3.05, 3.63) is 35.8 Å². The van der Waals surface area contributed by atoms with E-state index in [0.717, 1.165) is 0 Å². The molecule has 0 fully saturated rings. The number of rotatable bonds is 5. The molecule has 6 nitrogen and oxygen atoms in total. The molecule has 0 saturated carbocycles. The van der Waals surface area contributed by atoms with Gasteiger partial charge in [0.2, 0.25) is 0 Å². The van der Waals surface area contributed by atoms with E-state index in [2.05, 4.69) is 4.98 Å². The third kappa shape index (κ3) is 3.00. The van der Waals surface area contributed by atoms with E-state index in [0.29, 0.717) is 5.39 Å². The zero-order chi connectivity index (χ0) is 14.7. The second kappa shape index (κ2) is 5.52. The lowest BCUT2D eigenvalue weighted by Gasteiger charge is -2.09. The second-order valence-electron chi connectivity index (χ2n) is 4.00. The van der Waals surface area contributed by atoms with Gasteiger partial charge in [0.25, 0.3) is 0 Å². The summed E-state index contributed by atoms with van der Waals surface area (Å²) in [6.07, 6.45) is -0.409. The quantitative estimate of drug-likeness (QED) is 0.860. The maximum absolute atomic E-state index is 13.7. The van der Waals surface area contributed by atoms with Gasteiger partial charge in [-0.2, -0.15) is 0 Å². The van der Waals surface area contributed by atoms with Gasteiger partial charge in [0.15, 0.2) is 6.61 Å². The number of para-hydroxylation sites is 1. The minimum Gasteiger partial charge on any atom is -0.481 e. The molecule has 1 aromatic heterocycles. The highest BCUT2D eigenvalue weighted by Gasteiger charge is 2.13. The number of aliphatic carboxylic acids is 2. The summed E-state index contributed by atoms with van der Waals surface area (Å²) in [4.78, 5) is 25.1. The summed E-state index contributed by atoms with van der Waals surface area (Å²) in [6, 6.07) is 5.44. The number of ether oxygens (including phenoxy) is 1. The Labute approximate surface area is 112 Å². The number of nitrogens with zero attached hydrogens (tertiary/aromatic N) is 1. The maximum Gasteiger partial charge on any atom is 0.341 e. The average molecular weight is 279 g/mol. The minimum absolute atomic E-state index is 0.0494. The Balaban J connectivity index is 2.53. The van der Waals surface area contributed by atoms with Crippen molar-refractivity contribution in [1.29, 1.82) is 0 Å². The molecule has 2 N–H and O–H groups in total. The van der Waals surface area contributed by atoms with Crippen LogP contribution in [0.3, 0.4) is 0 Å². The number of fused-ring (bicyclic) bond motifs is 1. The molecule has 104 valence electrons. The van der Waals surface area contributed by atoms with Gasteiger partial charge in [-0.1, -0.05) is 6.07 Å². The lowest BCUT2D eigenvalue weighted by molar-refractivity contribution is -0.139. The fourth-order valence-corrected chi connectivity index (χ4v) is 1.74. The van der Waals surface area contributed by atoms with E-state index in [1.165, 1.54) is 24.3 Å². The molecule has 0 aliphatic heterocycles. The first kappa shape index (κ1) is 13.7. The molecule has 0 bridgehead atoms. The fourth-order valence-electron chi connectivity index (χ4n) is 1.74. The molecular formula is C13H10FNO5. The van der Waals surface area contributed by atoms with Gasteiger partial charge in [0, 0.05) is 11.5 Å². The zero-order valence-electron chi connectivity index (χ0n) is 10.2. The number of carbonyl (C=O) groups is 2. The highest BCUT2D eigenvalue weighted by Crippen LogP contribution is 2.27. The largest absolute Gasteiger partial charge is 0.481 e. The van der Waals surface area contributed by atoms with Crippen molar-refractivity contribution >= 4 is 22.8 Å². The predicted octanol–water partition coefficient (Wildman–Crippen LogP) is 1.46. The number of halogens is 1. The van der Waals surface area contributed by atoms with Crippen LogP contribution in [0, 0.1) is 5.82 Å². The summed E-state index contributed by atoms with van der Waals surface area (Å²) in [7, 11) is 0. The number of carboxylic acid groups (broad SMARTS) is 2. The van der Waals surface area contributed by atoms with Gasteiger partial charge >= 0.3 is 11.9 Å². The van der Waals surface area contributed by atoms with E-state index in [1.54, 1.807) is 0 Å². The monoisotopic (exact) mass is 279 g/mol. The highest BCUT2D eigenvalue weighted by atomic mass is 19.1. The maximum atomic E-state index is 13.7. The average Bonchev–Trinajstić information content (AvgIpc) is 2.36. The standard InChI is InChI=1S/C13H10FNO5/c14-9-3-1-2-8-10(20-6-12(18)19)4-7(5-11(16)17)15-13(8)9/h1-4H,5-6H2,(H,16,17)(H,18,19). The topological polar surface area (TPSA) is 96.7 Å². The lowest BCUT2D eigenvalue weighted by atomic mass is 10.1. The Bertz CT molecular complexity index is 686. The molecule has 2 aromatic rings. The van der Waals surface area contributed by atoms with Gasteiger partial charge in [0.1, 0.15) is 17.1 Å². The summed E-state index contributed by atoms with van der Waals surface area (Å²) in [5.41, 5.74) is 0.0436. The third-order valence-corrected chi connectivity index (χ3v) is 2.49. The smallest absolute Gasteiger partial charge is 0.341 e. The van der Waals surface area contributed by atoms with E-state index in [1.807, 2.05) is 0 Å². The van der Waals surface area contributed by atoms with Gasteiger partial charge in [-0.25, -0.2) is 14.2 Å². The van der Waals surface area contributed by atoms with Crippen LogP contribution < -0.4 is 4.74 Å². The van der Waals surface area contributed by atoms with Crippen molar-refractivity contribution < 1.29 is 28.9 Å². The van der Waals surface area contributed by atoms with Crippen LogP contribution in [0.1, 0.15) is 5.69 Å². The fraction of sp³-hybridized carbons (Fsp3) is 0.154. The first-order valence-electron chi connectivity index (χ1n) is 5.62. The Kier molecular flexibility index (Phi) is 3.79. The van der Waals surface area contributed by atoms with E-state index >= 15 is 0 Å². The number of aromatic nitrogens is 1. The van der Waals surface area contributed by atoms with Crippen molar-refractivity contribution in [2.75, 3.05) is 6.61 Å². The number of carboxylic acids is 2. The molecule has 0 amide bonds. The van der Waals surface area contributed by atoms with Crippen LogP contribution in [0.2, 0.25) is 0 Å². The van der Waals surface area contributed by atoms with Crippen LogP contribution in [0.15, 0.2) is 24.3 Å². The molecule has 1 aromatic carbocycles. The molecule has 0 saturated heterocycles. The first-order valence-corrected chi connectivity index (χ1v) is 5.62. The molecule has 0 radical (unpaired) electrons. The van der Waals surface area contributed by atoms with Gasteiger partial charge < -0.3 is 14.9 Å². The Morgan fingerprint density at radius 1 is 1.25 bits per heavy atom. The van der Waals surface area contributed by atoms with Gasteiger partial charge in [-0.05, 0) is 12.1 Å². The number of hydrogen-bond donors (Lipinski definition) is 2. The predicted molar refractivity (Wildman–Crippen MR) is 66.2 cm³/mol. The molecule has 0 spiro atoms. The molecule has 20 heavy (non-hydrogen) atoms. The Hall–Kier alpha value is -2.70. The number of hydrogen-bond acceptors (Lipinski definition) is 4. The van der Waals surface area contributed by atoms with Crippen LogP contribution in [-0.2, 0) is 16.0 Å². The van der Waals surface area contributed by atoms with E-state index in [4.69, 9.17) is 14.9 Å². The normalized spacial score (nSPS) is 10.4. The van der Waals surface area contributed by atoms with Crippen LogP contribution in [0.25, 0.3) is 10.9 Å². The summed E-state index contributed by atoms with van der Waals surface area (Å²) in [5, 5.41) is 17.6. The minimum atomic E-state index is -1.19. The molecule has 0 unspecified atom stereocenters. The molecule has 2 rings (SSSR count). The number of benzene rings is 1. The van der Waals surface area contributed by atoms with E-state index < -0.39 is 30.8 Å². The first-order chi connectivity index (χ1) is 9.47. The van der Waals surface area contributed by atoms with Crippen molar-refractivity contribution in [2.24, 2.45) is 0 Å². The third-order valence-electron chi connectivity index (χ3n) is 2.49. The zero-order valence-corrected chi connectivity index (χ0v) is 10.2.